The highest BCUT2D eigenvalue weighted by molar-refractivity contribution is 6.25. The van der Waals surface area contributed by atoms with E-state index in [0.717, 1.165) is 28.1 Å². The minimum absolute atomic E-state index is 0.921. The number of imidazole rings is 1. The van der Waals surface area contributed by atoms with Crippen LogP contribution in [0, 0.1) is 0 Å². The van der Waals surface area contributed by atoms with Gasteiger partial charge in [0, 0.05) is 10.9 Å². The summed E-state index contributed by atoms with van der Waals surface area (Å²) in [5.41, 5.74) is 14.0. The second kappa shape index (κ2) is 16.5. The van der Waals surface area contributed by atoms with Crippen molar-refractivity contribution in [2.75, 3.05) is 0 Å². The van der Waals surface area contributed by atoms with Crippen LogP contribution in [0.3, 0.4) is 0 Å². The van der Waals surface area contributed by atoms with Gasteiger partial charge in [-0.3, -0.25) is 4.57 Å². The van der Waals surface area contributed by atoms with Crippen molar-refractivity contribution in [3.63, 3.8) is 0 Å². The van der Waals surface area contributed by atoms with E-state index in [9.17, 15) is 0 Å². The fourth-order valence-corrected chi connectivity index (χ4v) is 12.0. The van der Waals surface area contributed by atoms with E-state index >= 15 is 0 Å². The molecule has 2 heteroatoms. The van der Waals surface area contributed by atoms with E-state index in [1.807, 2.05) is 0 Å². The summed E-state index contributed by atoms with van der Waals surface area (Å²) in [5.74, 6) is 0.921. The number of aromatic nitrogens is 2. The molecule has 15 aromatic rings. The highest BCUT2D eigenvalue weighted by Gasteiger charge is 2.22. The zero-order valence-electron chi connectivity index (χ0n) is 39.8. The van der Waals surface area contributed by atoms with E-state index < -0.39 is 0 Å². The molecule has 0 aliphatic rings. The van der Waals surface area contributed by atoms with Crippen LogP contribution in [-0.2, 0) is 0 Å². The summed E-state index contributed by atoms with van der Waals surface area (Å²) in [7, 11) is 0. The lowest BCUT2D eigenvalue weighted by Gasteiger charge is -2.21. The molecule has 2 nitrogen and oxygen atoms in total. The number of rotatable bonds is 6. The van der Waals surface area contributed by atoms with Gasteiger partial charge < -0.3 is 0 Å². The molecule has 0 amide bonds. The number of para-hydroxylation sites is 2. The highest BCUT2D eigenvalue weighted by Crippen LogP contribution is 2.49. The topological polar surface area (TPSA) is 17.8 Å². The average molecular weight is 925 g/mol. The van der Waals surface area contributed by atoms with Crippen molar-refractivity contribution >= 4 is 86.4 Å². The molecule has 15 rings (SSSR count). The Balaban J connectivity index is 0.947. The maximum absolute atomic E-state index is 5.29. The number of benzene rings is 14. The molecule has 14 aromatic carbocycles. The predicted octanol–water partition coefficient (Wildman–Crippen LogP) is 19.4. The van der Waals surface area contributed by atoms with Gasteiger partial charge >= 0.3 is 0 Å². The maximum atomic E-state index is 5.29. The lowest BCUT2D eigenvalue weighted by molar-refractivity contribution is 1.11. The zero-order chi connectivity index (χ0) is 48.0. The summed E-state index contributed by atoms with van der Waals surface area (Å²) < 4.78 is 2.33. The third kappa shape index (κ3) is 6.54. The Labute approximate surface area is 422 Å². The fraction of sp³-hybridized carbons (Fsp3) is 0. The van der Waals surface area contributed by atoms with Crippen molar-refractivity contribution in [3.05, 3.63) is 267 Å². The van der Waals surface area contributed by atoms with Crippen LogP contribution < -0.4 is 0 Å². The first kappa shape index (κ1) is 41.2. The van der Waals surface area contributed by atoms with Crippen molar-refractivity contribution in [2.24, 2.45) is 0 Å². The van der Waals surface area contributed by atoms with Gasteiger partial charge in [-0.2, -0.15) is 0 Å². The molecular formula is C71H44N2. The zero-order valence-corrected chi connectivity index (χ0v) is 39.8. The molecule has 1 heterocycles. The Hall–Kier alpha value is -9.63. The summed E-state index contributed by atoms with van der Waals surface area (Å²) >= 11 is 0. The van der Waals surface area contributed by atoms with Crippen LogP contribution >= 0.6 is 0 Å². The van der Waals surface area contributed by atoms with Gasteiger partial charge in [0.2, 0.25) is 0 Å². The fourth-order valence-electron chi connectivity index (χ4n) is 12.0. The van der Waals surface area contributed by atoms with Gasteiger partial charge in [-0.1, -0.05) is 231 Å². The molecule has 1 aromatic heterocycles. The monoisotopic (exact) mass is 924 g/mol. The molecule has 0 N–H and O–H groups in total. The van der Waals surface area contributed by atoms with Gasteiger partial charge in [0.25, 0.3) is 0 Å². The van der Waals surface area contributed by atoms with E-state index in [1.54, 1.807) is 0 Å². The van der Waals surface area contributed by atoms with E-state index in [2.05, 4.69) is 271 Å². The quantitative estimate of drug-likeness (QED) is 0.152. The summed E-state index contributed by atoms with van der Waals surface area (Å²) in [6.45, 7) is 0. The van der Waals surface area contributed by atoms with Gasteiger partial charge in [0.1, 0.15) is 5.82 Å². The van der Waals surface area contributed by atoms with Crippen LogP contribution in [0.4, 0.5) is 0 Å². The average Bonchev–Trinajstić information content (AvgIpc) is 3.86. The third-order valence-electron chi connectivity index (χ3n) is 15.3. The van der Waals surface area contributed by atoms with E-state index in [-0.39, 0.29) is 0 Å². The Morgan fingerprint density at radius 2 is 0.616 bits per heavy atom. The molecule has 0 unspecified atom stereocenters. The SMILES string of the molecule is c1ccc2cc(-c3c4ccccc4c(-c4ccc5ccccc5c4)c4cc(-c5c6ccccc6c(-c6ccc(-c7nc8ccccc8n7-c7cccc8ccccc78)cc6)c6ccccc56)ccc34)ccc2c1. The molecule has 0 saturated heterocycles. The number of hydrogen-bond acceptors (Lipinski definition) is 1. The maximum Gasteiger partial charge on any atom is 0.145 e. The normalized spacial score (nSPS) is 11.8. The molecule has 0 bridgehead atoms. The van der Waals surface area contributed by atoms with Crippen LogP contribution in [0.15, 0.2) is 267 Å². The van der Waals surface area contributed by atoms with E-state index in [4.69, 9.17) is 4.98 Å². The van der Waals surface area contributed by atoms with Crippen LogP contribution in [0.5, 0.6) is 0 Å². The van der Waals surface area contributed by atoms with Crippen molar-refractivity contribution in [1.82, 2.24) is 9.55 Å². The first-order valence-corrected chi connectivity index (χ1v) is 25.2. The molecule has 0 atom stereocenters. The lowest BCUT2D eigenvalue weighted by Crippen LogP contribution is -1.98. The summed E-state index contributed by atoms with van der Waals surface area (Å²) in [6.07, 6.45) is 0. The second-order valence-electron chi connectivity index (χ2n) is 19.4. The molecule has 0 aliphatic heterocycles. The largest absolute Gasteiger partial charge is 0.292 e. The number of nitrogens with zero attached hydrogens (tertiary/aromatic N) is 2. The summed E-state index contributed by atoms with van der Waals surface area (Å²) in [5, 5.41) is 17.2. The number of fused-ring (bicyclic) bond motifs is 8. The van der Waals surface area contributed by atoms with Gasteiger partial charge in [-0.05, 0) is 151 Å². The van der Waals surface area contributed by atoms with Crippen LogP contribution in [0.25, 0.3) is 148 Å². The van der Waals surface area contributed by atoms with Crippen molar-refractivity contribution in [1.29, 1.82) is 0 Å². The van der Waals surface area contributed by atoms with Crippen molar-refractivity contribution in [3.8, 4) is 61.6 Å². The Kier molecular flexibility index (Phi) is 9.30. The molecule has 0 spiro atoms. The van der Waals surface area contributed by atoms with Crippen LogP contribution in [-0.4, -0.2) is 9.55 Å². The highest BCUT2D eigenvalue weighted by atomic mass is 15.1. The molecular weight excluding hydrogens is 881 g/mol. The first-order chi connectivity index (χ1) is 36.2. The van der Waals surface area contributed by atoms with Crippen molar-refractivity contribution in [2.45, 2.75) is 0 Å². The van der Waals surface area contributed by atoms with E-state index in [0.29, 0.717) is 0 Å². The summed E-state index contributed by atoms with van der Waals surface area (Å²) in [4.78, 5) is 5.29. The predicted molar refractivity (Wildman–Crippen MR) is 311 cm³/mol. The van der Waals surface area contributed by atoms with Gasteiger partial charge in [-0.25, -0.2) is 4.98 Å². The van der Waals surface area contributed by atoms with Gasteiger partial charge in [-0.15, -0.1) is 0 Å². The van der Waals surface area contributed by atoms with Crippen LogP contribution in [0.1, 0.15) is 0 Å². The second-order valence-corrected chi connectivity index (χ2v) is 19.4. The first-order valence-electron chi connectivity index (χ1n) is 25.2. The summed E-state index contributed by atoms with van der Waals surface area (Å²) in [6, 6.07) is 98.3. The third-order valence-corrected chi connectivity index (χ3v) is 15.3. The molecule has 0 radical (unpaired) electrons. The smallest absolute Gasteiger partial charge is 0.145 e. The molecule has 0 aliphatic carbocycles. The minimum atomic E-state index is 0.921. The van der Waals surface area contributed by atoms with E-state index in [1.165, 1.54) is 120 Å². The van der Waals surface area contributed by atoms with Gasteiger partial charge in [0.15, 0.2) is 0 Å². The Morgan fingerprint density at radius 3 is 1.19 bits per heavy atom. The Bertz CT molecular complexity index is 4670. The lowest BCUT2D eigenvalue weighted by atomic mass is 9.82. The molecule has 73 heavy (non-hydrogen) atoms. The minimum Gasteiger partial charge on any atom is -0.292 e. The standard InChI is InChI=1S/C71H44N2/c1-3-19-50-42-52(38-32-45(50)16-1)68-60-27-11-12-28-61(60)70(53-39-33-46-17-2-4-20-51(46)43-53)63-44-54(40-41-62(63)68)69-58-25-9-7-23-56(58)67(57-24-8-10-26-59(57)69)48-34-36-49(37-35-48)71-72-64-29-13-14-30-66(64)73(71)65-31-15-21-47-18-5-6-22-55(47)65/h1-44H. The van der Waals surface area contributed by atoms with Gasteiger partial charge in [0.05, 0.1) is 16.7 Å². The molecule has 338 valence electrons. The van der Waals surface area contributed by atoms with Crippen molar-refractivity contribution < 1.29 is 0 Å². The van der Waals surface area contributed by atoms with Crippen LogP contribution in [0.2, 0.25) is 0 Å². The molecule has 0 saturated carbocycles. The number of hydrogen-bond donors (Lipinski definition) is 0. The Morgan fingerprint density at radius 1 is 0.233 bits per heavy atom. The molecule has 0 fully saturated rings.